The van der Waals surface area contributed by atoms with E-state index in [1.807, 2.05) is 37.3 Å². The van der Waals surface area contributed by atoms with Gasteiger partial charge in [-0.2, -0.15) is 0 Å². The normalized spacial score (nSPS) is 21.7. The number of non-ortho nitro benzene ring substituents is 1. The number of carboxylic acids is 1. The van der Waals surface area contributed by atoms with Crippen LogP contribution in [0.5, 0.6) is 0 Å². The standard InChI is InChI=1S/C27H29N3O7S2/c1-3-20(31)22-24(33)29-23(25(34)35)26(38-14-13-21(32)28-16(2)18-7-5-4-6-8-18)39-27(22,29)15-17-9-11-19(12-10-17)30(36)37/h4-12,16,20,22,31H,3,13-15H2,1-2H3,(H,28,32)(H,34,35)/t16-,20+,22-,27-/m1/s1. The molecule has 4 atom stereocenters. The molecular formula is C27H29N3O7S2. The fraction of sp³-hybridized carbons (Fsp3) is 0.370. The number of nitrogens with one attached hydrogen (secondary N) is 1. The average molecular weight is 572 g/mol. The van der Waals surface area contributed by atoms with E-state index in [4.69, 9.17) is 0 Å². The number of amides is 2. The second-order valence-corrected chi connectivity index (χ2v) is 12.1. The van der Waals surface area contributed by atoms with Crippen LogP contribution in [0.2, 0.25) is 0 Å². The number of aliphatic hydroxyl groups excluding tert-OH is 1. The molecule has 2 aliphatic rings. The molecule has 2 aliphatic heterocycles. The predicted octanol–water partition coefficient (Wildman–Crippen LogP) is 4.06. The van der Waals surface area contributed by atoms with Gasteiger partial charge in [0, 0.05) is 30.7 Å². The summed E-state index contributed by atoms with van der Waals surface area (Å²) in [5.74, 6) is -2.47. The Labute approximate surface area is 234 Å². The highest BCUT2D eigenvalue weighted by molar-refractivity contribution is 8.23. The summed E-state index contributed by atoms with van der Waals surface area (Å²) in [6.45, 7) is 3.63. The van der Waals surface area contributed by atoms with Crippen LogP contribution in [0.4, 0.5) is 5.69 Å². The maximum absolute atomic E-state index is 13.2. The number of nitro groups is 1. The van der Waals surface area contributed by atoms with Crippen molar-refractivity contribution in [2.45, 2.75) is 50.1 Å². The van der Waals surface area contributed by atoms with Gasteiger partial charge in [0.2, 0.25) is 11.8 Å². The first-order valence-electron chi connectivity index (χ1n) is 12.5. The number of carbonyl (C=O) groups excluding carboxylic acids is 2. The van der Waals surface area contributed by atoms with Gasteiger partial charge in [-0.1, -0.05) is 61.2 Å². The molecule has 4 rings (SSSR count). The summed E-state index contributed by atoms with van der Waals surface area (Å²) < 4.78 is 0.396. The number of nitrogens with zero attached hydrogens (tertiary/aromatic N) is 2. The summed E-state index contributed by atoms with van der Waals surface area (Å²) in [5.41, 5.74) is 1.40. The number of aliphatic hydroxyl groups is 1. The molecule has 1 saturated heterocycles. The summed E-state index contributed by atoms with van der Waals surface area (Å²) in [6.07, 6.45) is -0.344. The topological polar surface area (TPSA) is 150 Å². The number of nitro benzene ring substituents is 1. The van der Waals surface area contributed by atoms with Crippen molar-refractivity contribution < 1.29 is 29.5 Å². The summed E-state index contributed by atoms with van der Waals surface area (Å²) in [5, 5.41) is 34.8. The number of fused-ring (bicyclic) bond motifs is 1. The Kier molecular flexibility index (Phi) is 8.67. The molecule has 0 aliphatic carbocycles. The van der Waals surface area contributed by atoms with Crippen LogP contribution in [0.15, 0.2) is 64.5 Å². The fourth-order valence-corrected chi connectivity index (χ4v) is 8.11. The predicted molar refractivity (Wildman–Crippen MR) is 148 cm³/mol. The summed E-state index contributed by atoms with van der Waals surface area (Å²) in [7, 11) is 0. The van der Waals surface area contributed by atoms with Crippen molar-refractivity contribution >= 4 is 47.0 Å². The van der Waals surface area contributed by atoms with Crippen LogP contribution in [0.3, 0.4) is 0 Å². The number of hydrogen-bond donors (Lipinski definition) is 3. The van der Waals surface area contributed by atoms with Crippen LogP contribution < -0.4 is 5.32 Å². The van der Waals surface area contributed by atoms with E-state index in [1.54, 1.807) is 19.1 Å². The third kappa shape index (κ3) is 5.68. The third-order valence-electron chi connectivity index (χ3n) is 6.89. The van der Waals surface area contributed by atoms with E-state index < -0.39 is 33.7 Å². The lowest BCUT2D eigenvalue weighted by Crippen LogP contribution is -2.71. The quantitative estimate of drug-likeness (QED) is 0.195. The van der Waals surface area contributed by atoms with Crippen molar-refractivity contribution in [3.8, 4) is 0 Å². The number of aliphatic carboxylic acids is 1. The smallest absolute Gasteiger partial charge is 0.354 e. The molecule has 0 radical (unpaired) electrons. The number of benzene rings is 2. The number of carboxylic acid groups (broad SMARTS) is 1. The molecule has 0 unspecified atom stereocenters. The van der Waals surface area contributed by atoms with Crippen LogP contribution >= 0.6 is 23.5 Å². The monoisotopic (exact) mass is 571 g/mol. The number of β-lactam (4-membered cyclic amide) rings is 1. The lowest BCUT2D eigenvalue weighted by molar-refractivity contribution is -0.384. The molecule has 10 nitrogen and oxygen atoms in total. The lowest BCUT2D eigenvalue weighted by atomic mass is 9.77. The van der Waals surface area contributed by atoms with Gasteiger partial charge in [0.05, 0.1) is 27.2 Å². The second-order valence-electron chi connectivity index (χ2n) is 9.41. The minimum Gasteiger partial charge on any atom is -0.477 e. The molecule has 39 heavy (non-hydrogen) atoms. The fourth-order valence-electron chi connectivity index (χ4n) is 4.91. The zero-order valence-electron chi connectivity index (χ0n) is 21.4. The first kappa shape index (κ1) is 28.7. The van der Waals surface area contributed by atoms with E-state index in [0.717, 1.165) is 5.56 Å². The Morgan fingerprint density at radius 1 is 1.21 bits per heavy atom. The molecule has 2 amide bonds. The first-order valence-corrected chi connectivity index (χ1v) is 14.3. The van der Waals surface area contributed by atoms with E-state index in [1.165, 1.54) is 40.6 Å². The molecular weight excluding hydrogens is 542 g/mol. The van der Waals surface area contributed by atoms with E-state index in [-0.39, 0.29) is 36.2 Å². The van der Waals surface area contributed by atoms with Crippen molar-refractivity contribution in [2.75, 3.05) is 5.75 Å². The highest BCUT2D eigenvalue weighted by Crippen LogP contribution is 2.62. The Balaban J connectivity index is 1.51. The first-order chi connectivity index (χ1) is 18.6. The number of hydrogen-bond acceptors (Lipinski definition) is 8. The maximum atomic E-state index is 13.2. The van der Waals surface area contributed by atoms with Gasteiger partial charge in [-0.25, -0.2) is 4.79 Å². The molecule has 1 fully saturated rings. The molecule has 0 aromatic heterocycles. The van der Waals surface area contributed by atoms with E-state index in [9.17, 15) is 34.7 Å². The zero-order chi connectivity index (χ0) is 28.3. The molecule has 2 aromatic rings. The van der Waals surface area contributed by atoms with Crippen LogP contribution in [0.25, 0.3) is 0 Å². The number of thioether (sulfide) groups is 2. The summed E-state index contributed by atoms with van der Waals surface area (Å²) in [4.78, 5) is 48.8. The number of carbonyl (C=O) groups is 3. The van der Waals surface area contributed by atoms with Crippen molar-refractivity contribution in [3.63, 3.8) is 0 Å². The van der Waals surface area contributed by atoms with Crippen LogP contribution in [0.1, 0.15) is 43.9 Å². The van der Waals surface area contributed by atoms with Gasteiger partial charge in [-0.15, -0.1) is 11.8 Å². The van der Waals surface area contributed by atoms with Crippen molar-refractivity contribution in [3.05, 3.63) is 85.8 Å². The molecule has 2 heterocycles. The molecule has 0 saturated carbocycles. The van der Waals surface area contributed by atoms with E-state index in [2.05, 4.69) is 5.32 Å². The van der Waals surface area contributed by atoms with Crippen LogP contribution in [-0.4, -0.2) is 54.5 Å². The zero-order valence-corrected chi connectivity index (χ0v) is 23.0. The SMILES string of the molecule is CC[C@H](O)[C@@H]1C(=O)N2C(C(=O)O)=C(SCCC(=O)N[C@H](C)c3ccccc3)S[C@]12Cc1ccc([N+](=O)[O-])cc1. The van der Waals surface area contributed by atoms with Crippen molar-refractivity contribution in [1.82, 2.24) is 10.2 Å². The van der Waals surface area contributed by atoms with Crippen LogP contribution in [-0.2, 0) is 20.8 Å². The highest BCUT2D eigenvalue weighted by atomic mass is 32.2. The van der Waals surface area contributed by atoms with Gasteiger partial charge in [0.1, 0.15) is 4.87 Å². The Hall–Kier alpha value is -3.35. The maximum Gasteiger partial charge on any atom is 0.354 e. The van der Waals surface area contributed by atoms with Gasteiger partial charge in [0.25, 0.3) is 5.69 Å². The minimum atomic E-state index is -1.27. The van der Waals surface area contributed by atoms with E-state index >= 15 is 0 Å². The van der Waals surface area contributed by atoms with Crippen molar-refractivity contribution in [2.24, 2.45) is 5.92 Å². The Bertz CT molecular complexity index is 1300. The molecule has 206 valence electrons. The summed E-state index contributed by atoms with van der Waals surface area (Å²) in [6, 6.07) is 15.2. The third-order valence-corrected chi connectivity index (χ3v) is 9.67. The Morgan fingerprint density at radius 2 is 1.87 bits per heavy atom. The van der Waals surface area contributed by atoms with Crippen LogP contribution in [0, 0.1) is 16.0 Å². The molecule has 0 spiro atoms. The van der Waals surface area contributed by atoms with E-state index in [0.29, 0.717) is 22.0 Å². The van der Waals surface area contributed by atoms with Gasteiger partial charge >= 0.3 is 5.97 Å². The van der Waals surface area contributed by atoms with Gasteiger partial charge in [-0.05, 0) is 24.5 Å². The van der Waals surface area contributed by atoms with Gasteiger partial charge in [-0.3, -0.25) is 24.6 Å². The van der Waals surface area contributed by atoms with Gasteiger partial charge < -0.3 is 15.5 Å². The molecule has 2 aromatic carbocycles. The molecule has 3 N–H and O–H groups in total. The number of rotatable bonds is 12. The largest absolute Gasteiger partial charge is 0.477 e. The summed E-state index contributed by atoms with van der Waals surface area (Å²) >= 11 is 2.40. The molecule has 12 heteroatoms. The highest BCUT2D eigenvalue weighted by Gasteiger charge is 2.68. The van der Waals surface area contributed by atoms with Gasteiger partial charge in [0.15, 0.2) is 5.70 Å². The lowest BCUT2D eigenvalue weighted by Gasteiger charge is -2.54. The minimum absolute atomic E-state index is 0.0811. The van der Waals surface area contributed by atoms with Crippen molar-refractivity contribution in [1.29, 1.82) is 0 Å². The average Bonchev–Trinajstić information content (AvgIpc) is 3.19. The molecule has 0 bridgehead atoms. The second kappa shape index (κ2) is 11.8. The Morgan fingerprint density at radius 3 is 2.46 bits per heavy atom.